The van der Waals surface area contributed by atoms with E-state index in [2.05, 4.69) is 4.98 Å². The van der Waals surface area contributed by atoms with Crippen LogP contribution in [0.3, 0.4) is 0 Å². The molecule has 0 amide bonds. The largest absolute Gasteiger partial charge is 0.695 e. The number of ether oxygens (including phenoxy) is 3. The van der Waals surface area contributed by atoms with Gasteiger partial charge in [0, 0.05) is 23.4 Å². The van der Waals surface area contributed by atoms with E-state index in [1.54, 1.807) is 13.8 Å². The van der Waals surface area contributed by atoms with Crippen LogP contribution >= 0.6 is 8.25 Å². The van der Waals surface area contributed by atoms with E-state index in [-0.39, 0.29) is 11.7 Å². The van der Waals surface area contributed by atoms with Crippen molar-refractivity contribution in [3.05, 3.63) is 32.6 Å². The van der Waals surface area contributed by atoms with E-state index in [0.717, 1.165) is 4.57 Å². The predicted molar refractivity (Wildman–Crippen MR) is 92.6 cm³/mol. The number of aromatic nitrogens is 2. The second-order valence-corrected chi connectivity index (χ2v) is 6.97. The number of H-pyrrole nitrogens is 1. The van der Waals surface area contributed by atoms with E-state index in [4.69, 9.17) is 18.7 Å². The van der Waals surface area contributed by atoms with Gasteiger partial charge in [0.25, 0.3) is 5.56 Å². The molecule has 2 heterocycles. The van der Waals surface area contributed by atoms with Crippen LogP contribution in [0.4, 0.5) is 0 Å². The molecule has 0 aromatic carbocycles. The molecule has 1 aliphatic rings. The van der Waals surface area contributed by atoms with Crippen molar-refractivity contribution in [3.8, 4) is 0 Å². The molecule has 12 heteroatoms. The van der Waals surface area contributed by atoms with E-state index < -0.39 is 56.8 Å². The minimum atomic E-state index is -3.02. The fourth-order valence-corrected chi connectivity index (χ4v) is 3.24. The number of aliphatic hydroxyl groups excluding tert-OH is 1. The van der Waals surface area contributed by atoms with Gasteiger partial charge in [0.1, 0.15) is 12.2 Å². The Kier molecular flexibility index (Phi) is 7.40. The van der Waals surface area contributed by atoms with Gasteiger partial charge in [-0.3, -0.25) is 14.3 Å². The van der Waals surface area contributed by atoms with Crippen molar-refractivity contribution in [3.63, 3.8) is 0 Å². The Labute approximate surface area is 155 Å². The normalized spacial score (nSPS) is 28.1. The number of nitrogens with one attached hydrogen (secondary N) is 1. The SMILES string of the molecule is CO[C@@H](C)[C@@H](C)O[C@H]1C(O[P+](=O)O)[C@@H](CO)O[C@H]1n1cc(C)c(=O)[nH]c1=O. The highest BCUT2D eigenvalue weighted by Gasteiger charge is 2.52. The lowest BCUT2D eigenvalue weighted by molar-refractivity contribution is -0.127. The van der Waals surface area contributed by atoms with Gasteiger partial charge in [0.15, 0.2) is 12.3 Å². The minimum Gasteiger partial charge on any atom is -0.394 e. The highest BCUT2D eigenvalue weighted by Crippen LogP contribution is 2.37. The number of hydrogen-bond donors (Lipinski definition) is 3. The molecule has 0 aliphatic carbocycles. The fourth-order valence-electron chi connectivity index (χ4n) is 2.78. The molecule has 1 saturated heterocycles. The third-order valence-electron chi connectivity index (χ3n) is 4.50. The summed E-state index contributed by atoms with van der Waals surface area (Å²) in [4.78, 5) is 35.2. The maximum Gasteiger partial charge on any atom is 0.695 e. The lowest BCUT2D eigenvalue weighted by atomic mass is 10.1. The summed E-state index contributed by atoms with van der Waals surface area (Å²) in [6, 6.07) is 0. The number of methoxy groups -OCH3 is 1. The first kappa shape index (κ1) is 21.8. The molecule has 0 spiro atoms. The number of hydrogen-bond acceptors (Lipinski definition) is 8. The van der Waals surface area contributed by atoms with Crippen molar-refractivity contribution >= 4 is 8.25 Å². The van der Waals surface area contributed by atoms with Crippen LogP contribution in [0.15, 0.2) is 15.8 Å². The Morgan fingerprint density at radius 1 is 1.33 bits per heavy atom. The van der Waals surface area contributed by atoms with Gasteiger partial charge in [-0.1, -0.05) is 0 Å². The van der Waals surface area contributed by atoms with Crippen LogP contribution in [-0.4, -0.2) is 63.8 Å². The predicted octanol–water partition coefficient (Wildman–Crippen LogP) is -0.422. The maximum atomic E-state index is 12.3. The second-order valence-electron chi connectivity index (χ2n) is 6.28. The van der Waals surface area contributed by atoms with Gasteiger partial charge in [-0.15, -0.1) is 9.42 Å². The third-order valence-corrected chi connectivity index (χ3v) is 4.93. The molecular formula is C15H24N2O9P+. The quantitative estimate of drug-likeness (QED) is 0.488. The molecule has 1 fully saturated rings. The molecule has 2 rings (SSSR count). The molecule has 0 radical (unpaired) electrons. The summed E-state index contributed by atoms with van der Waals surface area (Å²) >= 11 is 0. The van der Waals surface area contributed by atoms with Gasteiger partial charge in [-0.25, -0.2) is 4.79 Å². The topological polar surface area (TPSA) is 149 Å². The Bertz CT molecular complexity index is 779. The zero-order valence-corrected chi connectivity index (χ0v) is 16.3. The van der Waals surface area contributed by atoms with Crippen LogP contribution in [0, 0.1) is 6.92 Å². The van der Waals surface area contributed by atoms with Gasteiger partial charge >= 0.3 is 13.9 Å². The average Bonchev–Trinajstić information content (AvgIpc) is 2.94. The monoisotopic (exact) mass is 407 g/mol. The minimum absolute atomic E-state index is 0.258. The zero-order valence-electron chi connectivity index (χ0n) is 15.4. The van der Waals surface area contributed by atoms with Gasteiger partial charge in [0.05, 0.1) is 18.8 Å². The lowest BCUT2D eigenvalue weighted by Crippen LogP contribution is -2.43. The number of aromatic amines is 1. The van der Waals surface area contributed by atoms with E-state index in [0.29, 0.717) is 0 Å². The molecule has 7 atom stereocenters. The van der Waals surface area contributed by atoms with Crippen molar-refractivity contribution in [2.75, 3.05) is 13.7 Å². The molecule has 0 saturated carbocycles. The zero-order chi connectivity index (χ0) is 20.3. The van der Waals surface area contributed by atoms with Crippen molar-refractivity contribution in [2.24, 2.45) is 0 Å². The molecule has 27 heavy (non-hydrogen) atoms. The maximum absolute atomic E-state index is 12.3. The van der Waals surface area contributed by atoms with Crippen LogP contribution in [0.25, 0.3) is 0 Å². The first-order chi connectivity index (χ1) is 12.7. The number of rotatable bonds is 8. The summed E-state index contributed by atoms with van der Waals surface area (Å²) in [5, 5.41) is 9.58. The lowest BCUT2D eigenvalue weighted by Gasteiger charge is -2.28. The molecular weight excluding hydrogens is 383 g/mol. The molecule has 152 valence electrons. The van der Waals surface area contributed by atoms with Crippen molar-refractivity contribution in [1.29, 1.82) is 0 Å². The van der Waals surface area contributed by atoms with E-state index in [1.807, 2.05) is 0 Å². The van der Waals surface area contributed by atoms with Gasteiger partial charge < -0.3 is 19.3 Å². The number of aliphatic hydroxyl groups is 1. The summed E-state index contributed by atoms with van der Waals surface area (Å²) < 4.78 is 34.2. The van der Waals surface area contributed by atoms with Crippen LogP contribution in [0.5, 0.6) is 0 Å². The highest BCUT2D eigenvalue weighted by atomic mass is 31.1. The first-order valence-electron chi connectivity index (χ1n) is 8.29. The standard InChI is InChI=1S/C15H23N2O9P/c1-7-5-17(15(20)16-13(7)19)14-12(24-9(3)8(2)23-4)11(26-27(21)22)10(6-18)25-14/h5,8-12,14,18H,6H2,1-4H3,(H-,16,19,20,21,22)/p+1/t8-,9+,10+,11?,12-,14+/m0/s1. The van der Waals surface area contributed by atoms with Gasteiger partial charge in [-0.2, -0.15) is 0 Å². The fraction of sp³-hybridized carbons (Fsp3) is 0.733. The van der Waals surface area contributed by atoms with E-state index in [9.17, 15) is 24.2 Å². The Hall–Kier alpha value is -1.46. The van der Waals surface area contributed by atoms with Gasteiger partial charge in [0.2, 0.25) is 0 Å². The highest BCUT2D eigenvalue weighted by molar-refractivity contribution is 7.32. The summed E-state index contributed by atoms with van der Waals surface area (Å²) in [7, 11) is -1.52. The van der Waals surface area contributed by atoms with Gasteiger partial charge in [-0.05, 0) is 20.8 Å². The molecule has 3 N–H and O–H groups in total. The van der Waals surface area contributed by atoms with Crippen LogP contribution in [0.2, 0.25) is 0 Å². The number of nitrogens with zero attached hydrogens (tertiary/aromatic N) is 1. The van der Waals surface area contributed by atoms with Crippen LogP contribution < -0.4 is 11.2 Å². The Morgan fingerprint density at radius 2 is 2.00 bits per heavy atom. The molecule has 2 unspecified atom stereocenters. The second kappa shape index (κ2) is 9.16. The summed E-state index contributed by atoms with van der Waals surface area (Å²) in [5.41, 5.74) is -1.03. The Morgan fingerprint density at radius 3 is 2.56 bits per heavy atom. The summed E-state index contributed by atoms with van der Waals surface area (Å²) in [6.07, 6.45) is -3.81. The molecule has 1 aromatic heterocycles. The first-order valence-corrected chi connectivity index (χ1v) is 9.42. The summed E-state index contributed by atoms with van der Waals surface area (Å²) in [5.74, 6) is 0. The smallest absolute Gasteiger partial charge is 0.394 e. The van der Waals surface area contributed by atoms with Crippen LogP contribution in [0.1, 0.15) is 25.6 Å². The molecule has 1 aromatic rings. The summed E-state index contributed by atoms with van der Waals surface area (Å²) in [6.45, 7) is 4.46. The van der Waals surface area contributed by atoms with E-state index >= 15 is 0 Å². The molecule has 1 aliphatic heterocycles. The number of aryl methyl sites for hydroxylation is 1. The van der Waals surface area contributed by atoms with E-state index in [1.165, 1.54) is 20.2 Å². The van der Waals surface area contributed by atoms with Crippen molar-refractivity contribution < 1.29 is 33.3 Å². The molecule has 0 bridgehead atoms. The van der Waals surface area contributed by atoms with Crippen LogP contribution in [-0.2, 0) is 23.3 Å². The van der Waals surface area contributed by atoms with Crippen molar-refractivity contribution in [2.45, 2.75) is 57.5 Å². The molecule has 11 nitrogen and oxygen atoms in total. The average molecular weight is 407 g/mol. The van der Waals surface area contributed by atoms with Crippen molar-refractivity contribution in [1.82, 2.24) is 9.55 Å². The Balaban J connectivity index is 2.46. The third kappa shape index (κ3) is 4.88.